The van der Waals surface area contributed by atoms with E-state index in [1.807, 2.05) is 0 Å². The van der Waals surface area contributed by atoms with Crippen LogP contribution in [-0.2, 0) is 61.9 Å². The molecule has 0 aliphatic carbocycles. The summed E-state index contributed by atoms with van der Waals surface area (Å²) in [6.45, 7) is 43.9. The lowest BCUT2D eigenvalue weighted by Gasteiger charge is -2.38. The zero-order valence-electron chi connectivity index (χ0n) is 75.6. The van der Waals surface area contributed by atoms with Crippen LogP contribution in [0.15, 0.2) is 148 Å². The summed E-state index contributed by atoms with van der Waals surface area (Å²) in [6.07, 6.45) is 43.9. The van der Waals surface area contributed by atoms with Crippen molar-refractivity contribution in [3.63, 3.8) is 0 Å². The molecule has 0 saturated carbocycles. The van der Waals surface area contributed by atoms with Crippen molar-refractivity contribution in [3.05, 3.63) is 148 Å². The summed E-state index contributed by atoms with van der Waals surface area (Å²) in [5.41, 5.74) is -1.53. The minimum atomic E-state index is -1.25. The van der Waals surface area contributed by atoms with Crippen molar-refractivity contribution in [3.8, 4) is 0 Å². The zero-order chi connectivity index (χ0) is 96.0. The molecule has 0 aromatic heterocycles. The van der Waals surface area contributed by atoms with Gasteiger partial charge in [-0.15, -0.1) is 90.7 Å². The SMILES string of the molecule is C=C1NC(=O)C=CN1[C@@H]1OC(CCP(=C)(C)C)[C@@H](O)[C@H]1Br.C=C1NC(=O)C=CN1[C@@H]1OC(CCP(=C)(C)C)[C@@H](O)[C@H]1Cl.C=C1NC(=O)C=CN1[C@@H]1OC(CCP(=C)(C)C)[C@@H](O)[C@H]1I.C=C1NC(=O)C=CN1[C@@H]1OC(CCP(=C)(C)C)[C@@H](O)[C@H]1I.C=C1NC(=O)C=CN1[C@@H]1O[C@@]2(CCP(=C)(C)C)CO[C@@H]1[C@@H]2O.C=C1NC(=O)C=CN1[C@@H]1O[C@](C)(CCP(=C)(C)C)[C@@H](O)[C@H]1O. The number of hydrogen-bond acceptors (Lipinski definition) is 26. The molecule has 128 heavy (non-hydrogen) atoms. The van der Waals surface area contributed by atoms with Gasteiger partial charge in [-0.3, -0.25) is 28.8 Å². The minimum absolute atomic E-state index is 0.0877. The number of rotatable bonds is 24. The Kier molecular flexibility index (Phi) is 38.3. The van der Waals surface area contributed by atoms with Crippen LogP contribution in [-0.4, -0.2) is 402 Å². The Hall–Kier alpha value is -4.03. The molecule has 0 spiro atoms. The summed E-state index contributed by atoms with van der Waals surface area (Å²) >= 11 is 14.2. The second-order valence-corrected chi connectivity index (χ2v) is 68.5. The van der Waals surface area contributed by atoms with Crippen LogP contribution in [0.3, 0.4) is 0 Å². The van der Waals surface area contributed by atoms with Gasteiger partial charge in [0.15, 0.2) is 24.9 Å². The molecule has 13 N–H and O–H groups in total. The number of carbonyl (C=O) groups is 6. The Morgan fingerprint density at radius 2 is 0.664 bits per heavy atom. The molecule has 13 heterocycles. The van der Waals surface area contributed by atoms with Gasteiger partial charge in [0.25, 0.3) is 35.4 Å². The number of aliphatic hydroxyl groups is 7. The topological polar surface area (TPSA) is 400 Å². The lowest BCUT2D eigenvalue weighted by Crippen LogP contribution is -2.49. The van der Waals surface area contributed by atoms with Crippen molar-refractivity contribution in [2.24, 2.45) is 0 Å². The summed E-state index contributed by atoms with van der Waals surface area (Å²) in [4.78, 5) is 77.6. The van der Waals surface area contributed by atoms with Crippen LogP contribution in [0, 0.1) is 0 Å². The van der Waals surface area contributed by atoms with Crippen molar-refractivity contribution in [1.82, 2.24) is 61.3 Å². The molecule has 24 atom stereocenters. The molecule has 13 rings (SSSR count). The largest absolute Gasteiger partial charge is 0.389 e. The average Bonchev–Trinajstić information content (AvgIpc) is 1.57. The monoisotopic (exact) mass is 2210 g/mol. The Bertz CT molecular complexity index is 4270. The maximum absolute atomic E-state index is 11.3. The summed E-state index contributed by atoms with van der Waals surface area (Å²) in [6, 6.07) is 0. The minimum Gasteiger partial charge on any atom is -0.389 e. The molecule has 42 heteroatoms. The van der Waals surface area contributed by atoms with Gasteiger partial charge in [-0.25, -0.2) is 0 Å². The molecular formula is C86H136BrClI2N12O20P6. The van der Waals surface area contributed by atoms with Crippen molar-refractivity contribution in [1.29, 1.82) is 0 Å². The van der Waals surface area contributed by atoms with Crippen LogP contribution in [0.25, 0.3) is 0 Å². The number of hydrogen-bond donors (Lipinski definition) is 13. The number of aliphatic hydroxyl groups excluding tert-OH is 7. The Morgan fingerprint density at radius 3 is 0.992 bits per heavy atom. The van der Waals surface area contributed by atoms with Crippen LogP contribution in [0.1, 0.15) is 45.4 Å². The molecule has 13 aliphatic rings. The average molecular weight is 2210 g/mol. The van der Waals surface area contributed by atoms with Crippen molar-refractivity contribution in [2.45, 2.75) is 185 Å². The number of amides is 6. The molecule has 718 valence electrons. The van der Waals surface area contributed by atoms with Crippen LogP contribution >= 0.6 is 114 Å². The van der Waals surface area contributed by atoms with Gasteiger partial charge in [0, 0.05) is 73.7 Å². The van der Waals surface area contributed by atoms with E-state index in [4.69, 9.17) is 44.8 Å². The van der Waals surface area contributed by atoms with Gasteiger partial charge in [0.2, 0.25) is 0 Å². The van der Waals surface area contributed by atoms with Gasteiger partial charge >= 0.3 is 0 Å². The van der Waals surface area contributed by atoms with Crippen molar-refractivity contribution >= 4 is 187 Å². The summed E-state index contributed by atoms with van der Waals surface area (Å²) < 4.78 is 41.7. The molecule has 0 radical (unpaired) electrons. The zero-order valence-corrected chi connectivity index (χ0v) is 87.6. The normalized spacial score (nSPS) is 34.6. The fourth-order valence-corrected chi connectivity index (χ4v) is 24.0. The van der Waals surface area contributed by atoms with Gasteiger partial charge in [0.05, 0.1) is 67.6 Å². The molecule has 7 saturated heterocycles. The fraction of sp³-hybridized carbons (Fsp3) is 0.581. The molecule has 2 bridgehead atoms. The van der Waals surface area contributed by atoms with E-state index >= 15 is 0 Å². The second kappa shape index (κ2) is 44.8. The number of halogens is 4. The summed E-state index contributed by atoms with van der Waals surface area (Å²) in [7, 11) is 0. The Morgan fingerprint density at radius 1 is 0.391 bits per heavy atom. The van der Waals surface area contributed by atoms with E-state index in [1.54, 1.807) is 62.4 Å². The van der Waals surface area contributed by atoms with Crippen LogP contribution in [0.5, 0.6) is 0 Å². The second-order valence-electron chi connectivity index (χ2n) is 38.1. The highest BCUT2D eigenvalue weighted by molar-refractivity contribution is 14.1. The maximum Gasteiger partial charge on any atom is 0.250 e. The predicted molar refractivity (Wildman–Crippen MR) is 547 cm³/mol. The number of carbonyl (C=O) groups excluding carboxylic acids is 6. The summed E-state index contributed by atoms with van der Waals surface area (Å²) in [5, 5.41) is 87.8. The standard InChI is InChI=1S/C15H23N2O4P.C15H25N2O4P.C14H22BrN2O3P.C14H22ClN2O3P.2C14H22IN2O3P/c1-10-16-11(18)5-7-17(10)14-12-13(19)15(21-14,9-20-12)6-8-22(2,3)4;1-10-16-11(18)6-8-17(10)14-12(19)13(20)15(2,21-14)7-9-22(3,4)5;4*1-9-16-11(18)5-7-17(9)14-12(15)13(19)10(20-14)6-8-21(2,3)4/h5,7,12-14,19H,1-2,6,8-9H2,3-4H3,(H,16,18);6,8,12-14,19-20H,1,3,7,9H2,2,4-5H3,(H,16,18);4*5,7,10,12-14,19H,1-2,6,8H2,3-4H3,(H,16,18)/t12-,13+,14-,15+;12-,13+,14-,15-;4*10?,12-,13-,14-/m111111/s1. The van der Waals surface area contributed by atoms with Gasteiger partial charge in [0.1, 0.15) is 88.9 Å². The number of fused-ring (bicyclic) bond motifs is 2. The van der Waals surface area contributed by atoms with Gasteiger partial charge in [-0.05, 0) is 162 Å². The number of alkyl halides is 4. The molecule has 4 unspecified atom stereocenters. The van der Waals surface area contributed by atoms with E-state index in [1.165, 1.54) is 47.6 Å². The third-order valence-corrected chi connectivity index (χ3v) is 35.6. The number of nitrogens with one attached hydrogen (secondary N) is 6. The van der Waals surface area contributed by atoms with Crippen LogP contribution in [0.2, 0.25) is 0 Å². The molecule has 7 fully saturated rings. The predicted octanol–water partition coefficient (Wildman–Crippen LogP) is 6.03. The maximum atomic E-state index is 11.3. The molecule has 6 amide bonds. The van der Waals surface area contributed by atoms with Gasteiger partial charge in [-0.2, -0.15) is 0 Å². The highest BCUT2D eigenvalue weighted by atomic mass is 127. The van der Waals surface area contributed by atoms with Crippen molar-refractivity contribution < 1.29 is 97.7 Å². The lowest BCUT2D eigenvalue weighted by atomic mass is 9.94. The first-order valence-electron chi connectivity index (χ1n) is 41.8. The van der Waals surface area contributed by atoms with Crippen LogP contribution in [0.4, 0.5) is 0 Å². The Labute approximate surface area is 796 Å². The third-order valence-electron chi connectivity index (χ3n) is 22.7. The molecule has 32 nitrogen and oxygen atoms in total. The van der Waals surface area contributed by atoms with Crippen LogP contribution < -0.4 is 31.9 Å². The van der Waals surface area contributed by atoms with E-state index in [-0.39, 0.29) is 91.2 Å². The van der Waals surface area contributed by atoms with Crippen molar-refractivity contribution in [2.75, 3.05) is 124 Å². The van der Waals surface area contributed by atoms with Gasteiger partial charge < -0.3 is 130 Å². The number of ether oxygens (including phenoxy) is 7. The van der Waals surface area contributed by atoms with E-state index in [0.29, 0.717) is 48.0 Å². The molecule has 0 aromatic carbocycles. The van der Waals surface area contributed by atoms with E-state index in [0.717, 1.165) is 69.1 Å². The number of nitrogens with zero attached hydrogens (tertiary/aromatic N) is 6. The van der Waals surface area contributed by atoms with E-state index in [9.17, 15) is 64.5 Å². The van der Waals surface area contributed by atoms with E-state index < -0.39 is 125 Å². The molecular weight excluding hydrogens is 2080 g/mol. The van der Waals surface area contributed by atoms with E-state index in [2.05, 4.69) is 250 Å². The highest BCUT2D eigenvalue weighted by Crippen LogP contribution is 2.50. The Balaban J connectivity index is 0.000000190. The first-order chi connectivity index (χ1) is 59.0. The fourth-order valence-electron chi connectivity index (χ4n) is 15.2. The lowest BCUT2D eigenvalue weighted by molar-refractivity contribution is -0.182. The first kappa shape index (κ1) is 109. The molecule has 0 aromatic rings. The van der Waals surface area contributed by atoms with Gasteiger partial charge in [-0.1, -0.05) is 101 Å². The smallest absolute Gasteiger partial charge is 0.250 e. The third kappa shape index (κ3) is 30.0. The molecule has 13 aliphatic heterocycles. The quantitative estimate of drug-likeness (QED) is 0.0298. The first-order valence-corrected chi connectivity index (χ1v) is 63.9. The highest BCUT2D eigenvalue weighted by Gasteiger charge is 2.63. The summed E-state index contributed by atoms with van der Waals surface area (Å²) in [5.74, 6) is 1.23.